The molecule has 1 aliphatic rings. The van der Waals surface area contributed by atoms with E-state index in [1.165, 1.54) is 6.20 Å². The zero-order valence-electron chi connectivity index (χ0n) is 11.6. The molecule has 0 unspecified atom stereocenters. The van der Waals surface area contributed by atoms with Gasteiger partial charge >= 0.3 is 0 Å². The Hall–Kier alpha value is -1.68. The fourth-order valence-electron chi connectivity index (χ4n) is 2.84. The molecule has 1 aromatic heterocycles. The van der Waals surface area contributed by atoms with E-state index in [1.54, 1.807) is 18.3 Å². The molecule has 110 valence electrons. The molecule has 3 rings (SSSR count). The van der Waals surface area contributed by atoms with Crippen LogP contribution in [0.25, 0.3) is 11.1 Å². The predicted octanol–water partition coefficient (Wildman–Crippen LogP) is 4.72. The SMILES string of the molecule is CN1CCCc2cc(-c3ccncc3Cl)c(C(F)F)cc21. The standard InChI is InChI=1S/C16H15ClF2N2/c1-21-6-2-3-10-7-12(11-4-5-20-9-14(11)17)13(16(18)19)8-15(10)21/h4-5,7-9,16H,2-3,6H2,1H3. The Kier molecular flexibility index (Phi) is 3.81. The molecule has 0 aliphatic carbocycles. The van der Waals surface area contributed by atoms with Gasteiger partial charge < -0.3 is 4.90 Å². The van der Waals surface area contributed by atoms with Crippen LogP contribution < -0.4 is 4.90 Å². The van der Waals surface area contributed by atoms with Gasteiger partial charge in [-0.15, -0.1) is 0 Å². The second-order valence-electron chi connectivity index (χ2n) is 5.25. The van der Waals surface area contributed by atoms with E-state index in [1.807, 2.05) is 18.0 Å². The molecule has 2 aromatic rings. The van der Waals surface area contributed by atoms with Gasteiger partial charge in [-0.3, -0.25) is 4.98 Å². The highest BCUT2D eigenvalue weighted by molar-refractivity contribution is 6.33. The molecular formula is C16H15ClF2N2. The third-order valence-corrected chi connectivity index (χ3v) is 4.20. The first-order valence-electron chi connectivity index (χ1n) is 6.84. The van der Waals surface area contributed by atoms with Gasteiger partial charge in [-0.2, -0.15) is 0 Å². The zero-order chi connectivity index (χ0) is 15.0. The highest BCUT2D eigenvalue weighted by Crippen LogP contribution is 2.40. The quantitative estimate of drug-likeness (QED) is 0.798. The molecular weight excluding hydrogens is 294 g/mol. The molecule has 5 heteroatoms. The van der Waals surface area contributed by atoms with Crippen molar-refractivity contribution < 1.29 is 8.78 Å². The van der Waals surface area contributed by atoms with Crippen molar-refractivity contribution in [3.8, 4) is 11.1 Å². The van der Waals surface area contributed by atoms with Crippen LogP contribution in [-0.4, -0.2) is 18.6 Å². The Morgan fingerprint density at radius 1 is 1.29 bits per heavy atom. The van der Waals surface area contributed by atoms with E-state index >= 15 is 0 Å². The Morgan fingerprint density at radius 3 is 2.81 bits per heavy atom. The van der Waals surface area contributed by atoms with Crippen LogP contribution in [0.5, 0.6) is 0 Å². The number of aromatic nitrogens is 1. The Morgan fingerprint density at radius 2 is 2.10 bits per heavy atom. The number of fused-ring (bicyclic) bond motifs is 1. The summed E-state index contributed by atoms with van der Waals surface area (Å²) in [6.07, 6.45) is 2.45. The Balaban J connectivity index is 2.22. The van der Waals surface area contributed by atoms with Gasteiger partial charge in [0.1, 0.15) is 0 Å². The minimum absolute atomic E-state index is 0.0237. The van der Waals surface area contributed by atoms with Gasteiger partial charge in [0.2, 0.25) is 0 Å². The average Bonchev–Trinajstić information content (AvgIpc) is 2.47. The first kappa shape index (κ1) is 14.3. The van der Waals surface area contributed by atoms with Crippen LogP contribution >= 0.6 is 11.6 Å². The predicted molar refractivity (Wildman–Crippen MR) is 81.2 cm³/mol. The Bertz CT molecular complexity index is 673. The van der Waals surface area contributed by atoms with Crippen LogP contribution in [0.2, 0.25) is 5.02 Å². The molecule has 0 bridgehead atoms. The van der Waals surface area contributed by atoms with Crippen LogP contribution in [0, 0.1) is 0 Å². The summed E-state index contributed by atoms with van der Waals surface area (Å²) in [6, 6.07) is 5.14. The highest BCUT2D eigenvalue weighted by Gasteiger charge is 2.22. The highest BCUT2D eigenvalue weighted by atomic mass is 35.5. The second-order valence-corrected chi connectivity index (χ2v) is 5.66. The van der Waals surface area contributed by atoms with Gasteiger partial charge in [0.25, 0.3) is 6.43 Å². The molecule has 0 atom stereocenters. The lowest BCUT2D eigenvalue weighted by Gasteiger charge is -2.29. The number of rotatable bonds is 2. The monoisotopic (exact) mass is 308 g/mol. The van der Waals surface area contributed by atoms with Crippen LogP contribution in [-0.2, 0) is 6.42 Å². The summed E-state index contributed by atoms with van der Waals surface area (Å²) in [5, 5.41) is 0.392. The van der Waals surface area contributed by atoms with Crippen LogP contribution in [0.4, 0.5) is 14.5 Å². The minimum Gasteiger partial charge on any atom is -0.374 e. The van der Waals surface area contributed by atoms with E-state index in [4.69, 9.17) is 11.6 Å². The lowest BCUT2D eigenvalue weighted by molar-refractivity contribution is 0.152. The summed E-state index contributed by atoms with van der Waals surface area (Å²) < 4.78 is 26.9. The fraction of sp³-hybridized carbons (Fsp3) is 0.312. The summed E-state index contributed by atoms with van der Waals surface area (Å²) in [7, 11) is 1.94. The second kappa shape index (κ2) is 5.60. The first-order valence-corrected chi connectivity index (χ1v) is 7.21. The van der Waals surface area contributed by atoms with E-state index in [2.05, 4.69) is 4.98 Å². The van der Waals surface area contributed by atoms with E-state index in [0.717, 1.165) is 30.6 Å². The molecule has 0 amide bonds. The zero-order valence-corrected chi connectivity index (χ0v) is 12.4. The Labute approximate surface area is 127 Å². The maximum absolute atomic E-state index is 13.5. The normalized spacial score (nSPS) is 14.4. The smallest absolute Gasteiger partial charge is 0.264 e. The molecule has 0 fully saturated rings. The van der Waals surface area contributed by atoms with Crippen molar-refractivity contribution in [1.82, 2.24) is 4.98 Å². The number of alkyl halides is 2. The van der Waals surface area contributed by atoms with Crippen molar-refractivity contribution in [3.63, 3.8) is 0 Å². The molecule has 2 heterocycles. The van der Waals surface area contributed by atoms with Gasteiger partial charge in [0.05, 0.1) is 5.02 Å². The molecule has 1 aromatic carbocycles. The minimum atomic E-state index is -2.54. The molecule has 21 heavy (non-hydrogen) atoms. The summed E-state index contributed by atoms with van der Waals surface area (Å²) in [4.78, 5) is 5.95. The summed E-state index contributed by atoms with van der Waals surface area (Å²) >= 11 is 6.13. The third kappa shape index (κ3) is 2.60. The fourth-order valence-corrected chi connectivity index (χ4v) is 3.06. The molecule has 0 saturated heterocycles. The summed E-state index contributed by atoms with van der Waals surface area (Å²) in [5.41, 5.74) is 3.13. The van der Waals surface area contributed by atoms with Gasteiger partial charge in [0.15, 0.2) is 0 Å². The van der Waals surface area contributed by atoms with E-state index in [-0.39, 0.29) is 5.56 Å². The maximum atomic E-state index is 13.5. The van der Waals surface area contributed by atoms with Crippen molar-refractivity contribution in [1.29, 1.82) is 0 Å². The van der Waals surface area contributed by atoms with Crippen LogP contribution in [0.1, 0.15) is 24.0 Å². The van der Waals surface area contributed by atoms with Crippen molar-refractivity contribution >= 4 is 17.3 Å². The van der Waals surface area contributed by atoms with Crippen molar-refractivity contribution in [2.75, 3.05) is 18.5 Å². The van der Waals surface area contributed by atoms with Gasteiger partial charge in [-0.05, 0) is 42.2 Å². The maximum Gasteiger partial charge on any atom is 0.264 e. The number of pyridine rings is 1. The van der Waals surface area contributed by atoms with Gasteiger partial charge in [-0.25, -0.2) is 8.78 Å². The van der Waals surface area contributed by atoms with Crippen molar-refractivity contribution in [3.05, 3.63) is 46.7 Å². The van der Waals surface area contributed by atoms with Gasteiger partial charge in [-0.1, -0.05) is 11.6 Å². The number of hydrogen-bond donors (Lipinski definition) is 0. The number of aryl methyl sites for hydroxylation is 1. The van der Waals surface area contributed by atoms with Crippen molar-refractivity contribution in [2.45, 2.75) is 19.3 Å². The van der Waals surface area contributed by atoms with Crippen molar-refractivity contribution in [2.24, 2.45) is 0 Å². The summed E-state index contributed by atoms with van der Waals surface area (Å²) in [6.45, 7) is 0.894. The van der Waals surface area contributed by atoms with E-state index in [9.17, 15) is 8.78 Å². The lowest BCUT2D eigenvalue weighted by atomic mass is 9.92. The molecule has 0 spiro atoms. The molecule has 0 saturated carbocycles. The number of anilines is 1. The van der Waals surface area contributed by atoms with E-state index in [0.29, 0.717) is 16.1 Å². The summed E-state index contributed by atoms with van der Waals surface area (Å²) in [5.74, 6) is 0. The number of halogens is 3. The van der Waals surface area contributed by atoms with Gasteiger partial charge in [0, 0.05) is 42.8 Å². The molecule has 1 aliphatic heterocycles. The van der Waals surface area contributed by atoms with E-state index < -0.39 is 6.43 Å². The molecule has 2 nitrogen and oxygen atoms in total. The number of benzene rings is 1. The molecule has 0 radical (unpaired) electrons. The van der Waals surface area contributed by atoms with Crippen LogP contribution in [0.3, 0.4) is 0 Å². The topological polar surface area (TPSA) is 16.1 Å². The largest absolute Gasteiger partial charge is 0.374 e. The third-order valence-electron chi connectivity index (χ3n) is 3.90. The number of hydrogen-bond acceptors (Lipinski definition) is 2. The lowest BCUT2D eigenvalue weighted by Crippen LogP contribution is -2.25. The average molecular weight is 309 g/mol. The number of nitrogens with zero attached hydrogens (tertiary/aromatic N) is 2. The molecule has 0 N–H and O–H groups in total. The first-order chi connectivity index (χ1) is 10.1. The van der Waals surface area contributed by atoms with Crippen LogP contribution in [0.15, 0.2) is 30.6 Å².